The quantitative estimate of drug-likeness (QED) is 0.275. The molecule has 0 radical (unpaired) electrons. The Balaban J connectivity index is 2.36. The fraction of sp³-hybridized carbons (Fsp3) is 0.333. The van der Waals surface area contributed by atoms with Gasteiger partial charge in [0.25, 0.3) is 0 Å². The molecule has 0 heterocycles. The van der Waals surface area contributed by atoms with Crippen LogP contribution in [0.4, 0.5) is 0 Å². The Hall–Kier alpha value is -1.19. The molecule has 3 aromatic carbocycles. The standard InChI is InChI=1S/C27H36GeIN3/c1-30(2)19-22-13-7-10-16-25(22)28(29,26-17-11-8-14-23(26)20-31(3)4)27-18-12-9-15-24(27)21-32(5)6/h7-18H,19-21H2,1-6H3. The normalized spacial score (nSPS) is 12.2. The summed E-state index contributed by atoms with van der Waals surface area (Å²) in [6.07, 6.45) is 0. The molecule has 0 N–H and O–H groups in total. The van der Waals surface area contributed by atoms with E-state index in [1.807, 2.05) is 0 Å². The molecule has 0 aliphatic carbocycles. The van der Waals surface area contributed by atoms with Gasteiger partial charge < -0.3 is 0 Å². The van der Waals surface area contributed by atoms with E-state index in [9.17, 15) is 0 Å². The van der Waals surface area contributed by atoms with Crippen LogP contribution in [0, 0.1) is 0 Å². The van der Waals surface area contributed by atoms with Crippen molar-refractivity contribution in [1.82, 2.24) is 14.7 Å². The molecule has 0 amide bonds. The van der Waals surface area contributed by atoms with Crippen LogP contribution in [0.2, 0.25) is 0 Å². The molecule has 170 valence electrons. The zero-order valence-electron chi connectivity index (χ0n) is 20.3. The molecule has 5 heteroatoms. The molecule has 0 fully saturated rings. The van der Waals surface area contributed by atoms with Crippen LogP contribution in [0.25, 0.3) is 0 Å². The number of hydrogen-bond acceptors (Lipinski definition) is 3. The number of benzene rings is 3. The Morgan fingerprint density at radius 3 is 1.00 bits per heavy atom. The molecule has 0 saturated heterocycles. The summed E-state index contributed by atoms with van der Waals surface area (Å²) in [5.74, 6) is 0. The molecule has 3 rings (SSSR count). The fourth-order valence-electron chi connectivity index (χ4n) is 4.44. The monoisotopic (exact) mass is 603 g/mol. The summed E-state index contributed by atoms with van der Waals surface area (Å²) >= 11 is 2.92. The van der Waals surface area contributed by atoms with E-state index in [-0.39, 0.29) is 0 Å². The molecule has 0 aliphatic heterocycles. The van der Waals surface area contributed by atoms with E-state index in [4.69, 9.17) is 0 Å². The van der Waals surface area contributed by atoms with Crippen LogP contribution in [-0.2, 0) is 19.6 Å². The molecular formula is C27H36GeIN3. The van der Waals surface area contributed by atoms with Gasteiger partial charge in [-0.25, -0.2) is 0 Å². The van der Waals surface area contributed by atoms with E-state index >= 15 is 0 Å². The van der Waals surface area contributed by atoms with Crippen molar-refractivity contribution >= 4 is 43.4 Å². The fourth-order valence-corrected chi connectivity index (χ4v) is 20.3. The molecule has 0 atom stereocenters. The minimum atomic E-state index is -3.03. The first-order valence-corrected chi connectivity index (χ1v) is 20.7. The van der Waals surface area contributed by atoms with Crippen molar-refractivity contribution in [2.24, 2.45) is 0 Å². The van der Waals surface area contributed by atoms with Crippen LogP contribution >= 0.6 is 20.2 Å². The van der Waals surface area contributed by atoms with Gasteiger partial charge in [-0.1, -0.05) is 0 Å². The summed E-state index contributed by atoms with van der Waals surface area (Å²) in [6.45, 7) is 2.87. The average molecular weight is 602 g/mol. The van der Waals surface area contributed by atoms with Gasteiger partial charge in [-0.15, -0.1) is 0 Å². The number of nitrogens with zero attached hydrogens (tertiary/aromatic N) is 3. The van der Waals surface area contributed by atoms with Gasteiger partial charge in [-0.05, 0) is 0 Å². The second-order valence-corrected chi connectivity index (χ2v) is 23.9. The third-order valence-corrected chi connectivity index (χ3v) is 22.4. The van der Waals surface area contributed by atoms with Crippen LogP contribution in [0.1, 0.15) is 16.7 Å². The van der Waals surface area contributed by atoms with Crippen LogP contribution in [0.15, 0.2) is 72.8 Å². The first kappa shape index (κ1) is 25.4. The third kappa shape index (κ3) is 5.83. The predicted molar refractivity (Wildman–Crippen MR) is 150 cm³/mol. The molecule has 0 aliphatic rings. The summed E-state index contributed by atoms with van der Waals surface area (Å²) in [5.41, 5.74) is 4.35. The first-order chi connectivity index (χ1) is 15.2. The first-order valence-electron chi connectivity index (χ1n) is 11.1. The minimum absolute atomic E-state index is 0.956. The van der Waals surface area contributed by atoms with Crippen molar-refractivity contribution in [1.29, 1.82) is 0 Å². The average Bonchev–Trinajstić information content (AvgIpc) is 2.73. The Kier molecular flexibility index (Phi) is 8.98. The predicted octanol–water partition coefficient (Wildman–Crippen LogP) is 3.27. The Morgan fingerprint density at radius 1 is 0.500 bits per heavy atom. The molecule has 0 aromatic heterocycles. The van der Waals surface area contributed by atoms with Gasteiger partial charge in [-0.3, -0.25) is 0 Å². The zero-order valence-corrected chi connectivity index (χ0v) is 24.5. The Labute approximate surface area is 208 Å². The molecule has 0 spiro atoms. The molecular weight excluding hydrogens is 566 g/mol. The van der Waals surface area contributed by atoms with Crippen molar-refractivity contribution in [2.45, 2.75) is 19.6 Å². The van der Waals surface area contributed by atoms with Crippen LogP contribution in [-0.4, -0.2) is 66.9 Å². The molecule has 3 aromatic rings. The summed E-state index contributed by atoms with van der Waals surface area (Å²) < 4.78 is 4.66. The topological polar surface area (TPSA) is 9.72 Å². The van der Waals surface area contributed by atoms with Crippen LogP contribution in [0.5, 0.6) is 0 Å². The van der Waals surface area contributed by atoms with E-state index in [1.54, 1.807) is 13.2 Å². The number of hydrogen-bond donors (Lipinski definition) is 0. The van der Waals surface area contributed by atoms with E-state index in [0.29, 0.717) is 0 Å². The van der Waals surface area contributed by atoms with E-state index in [2.05, 4.69) is 150 Å². The second kappa shape index (κ2) is 11.3. The van der Waals surface area contributed by atoms with Crippen molar-refractivity contribution in [3.63, 3.8) is 0 Å². The molecule has 32 heavy (non-hydrogen) atoms. The maximum absolute atomic E-state index is 3.03. The van der Waals surface area contributed by atoms with E-state index in [0.717, 1.165) is 19.6 Å². The van der Waals surface area contributed by atoms with Crippen molar-refractivity contribution < 1.29 is 0 Å². The van der Waals surface area contributed by atoms with Gasteiger partial charge in [0.2, 0.25) is 0 Å². The summed E-state index contributed by atoms with van der Waals surface area (Å²) in [7, 11) is 9.96. The van der Waals surface area contributed by atoms with Gasteiger partial charge in [0.05, 0.1) is 0 Å². The van der Waals surface area contributed by atoms with Gasteiger partial charge in [0.1, 0.15) is 0 Å². The number of rotatable bonds is 9. The number of halogens is 1. The molecule has 0 bridgehead atoms. The van der Waals surface area contributed by atoms with E-state index < -0.39 is 9.96 Å². The van der Waals surface area contributed by atoms with Gasteiger partial charge >= 0.3 is 209 Å². The van der Waals surface area contributed by atoms with E-state index in [1.165, 1.54) is 16.7 Å². The summed E-state index contributed by atoms with van der Waals surface area (Å²) in [5, 5.41) is 0. The van der Waals surface area contributed by atoms with Crippen molar-refractivity contribution in [2.75, 3.05) is 42.3 Å². The van der Waals surface area contributed by atoms with Gasteiger partial charge in [0.15, 0.2) is 0 Å². The third-order valence-electron chi connectivity index (χ3n) is 5.63. The van der Waals surface area contributed by atoms with Crippen LogP contribution < -0.4 is 13.2 Å². The van der Waals surface area contributed by atoms with Gasteiger partial charge in [-0.2, -0.15) is 0 Å². The molecule has 3 nitrogen and oxygen atoms in total. The zero-order chi connectivity index (χ0) is 23.3. The van der Waals surface area contributed by atoms with Crippen molar-refractivity contribution in [3.05, 3.63) is 89.5 Å². The summed E-state index contributed by atoms with van der Waals surface area (Å²) in [4.78, 5) is 6.86. The SMILES string of the molecule is CN(C)Cc1cccc[c]1[Ge]([I])([c]1ccccc1CN(C)C)[c]1ccccc1CN(C)C. The summed E-state index contributed by atoms with van der Waals surface area (Å²) in [6, 6.07) is 27.5. The Morgan fingerprint density at radius 2 is 0.750 bits per heavy atom. The Bertz CT molecular complexity index is 903. The van der Waals surface area contributed by atoms with Gasteiger partial charge in [0, 0.05) is 0 Å². The van der Waals surface area contributed by atoms with Crippen LogP contribution in [0.3, 0.4) is 0 Å². The van der Waals surface area contributed by atoms with Crippen molar-refractivity contribution in [3.8, 4) is 0 Å². The maximum atomic E-state index is 2.92. The molecule has 0 saturated carbocycles. The second-order valence-electron chi connectivity index (χ2n) is 9.34. The molecule has 0 unspecified atom stereocenters.